The highest BCUT2D eigenvalue weighted by Gasteiger charge is 2.23. The zero-order valence-corrected chi connectivity index (χ0v) is 10.2. The highest BCUT2D eigenvalue weighted by molar-refractivity contribution is 7.91. The lowest BCUT2D eigenvalue weighted by Gasteiger charge is -2.08. The van der Waals surface area contributed by atoms with Crippen molar-refractivity contribution < 1.29 is 12.8 Å². The summed E-state index contributed by atoms with van der Waals surface area (Å²) in [7, 11) is -3.67. The molecule has 0 amide bonds. The van der Waals surface area contributed by atoms with Gasteiger partial charge in [0.15, 0.2) is 6.04 Å². The van der Waals surface area contributed by atoms with Crippen LogP contribution in [0.3, 0.4) is 0 Å². The molecule has 0 aliphatic heterocycles. The van der Waals surface area contributed by atoms with Gasteiger partial charge < -0.3 is 4.42 Å². The summed E-state index contributed by atoms with van der Waals surface area (Å²) in [6.45, 7) is 0. The van der Waals surface area contributed by atoms with Crippen LogP contribution >= 0.6 is 11.3 Å². The molecule has 1 atom stereocenters. The molecular formula is C10H8N2O3S2. The Morgan fingerprint density at radius 2 is 2.24 bits per heavy atom. The topological polar surface area (TPSA) is 83.1 Å². The van der Waals surface area contributed by atoms with E-state index in [-0.39, 0.29) is 9.97 Å². The average Bonchev–Trinajstić information content (AvgIpc) is 2.97. The summed E-state index contributed by atoms with van der Waals surface area (Å²) < 4.78 is 31.2. The molecule has 0 radical (unpaired) electrons. The molecule has 2 heterocycles. The van der Waals surface area contributed by atoms with Crippen LogP contribution in [0, 0.1) is 11.3 Å². The monoisotopic (exact) mass is 268 g/mol. The predicted molar refractivity (Wildman–Crippen MR) is 61.7 cm³/mol. The Bertz CT molecular complexity index is 609. The van der Waals surface area contributed by atoms with E-state index in [0.717, 1.165) is 11.3 Å². The number of rotatable bonds is 4. The molecule has 0 bridgehead atoms. The van der Waals surface area contributed by atoms with Crippen molar-refractivity contribution in [3.63, 3.8) is 0 Å². The normalized spacial score (nSPS) is 13.1. The molecule has 0 fully saturated rings. The van der Waals surface area contributed by atoms with E-state index in [1.165, 1.54) is 12.3 Å². The van der Waals surface area contributed by atoms with Gasteiger partial charge in [-0.1, -0.05) is 6.07 Å². The maximum atomic E-state index is 11.9. The fourth-order valence-electron chi connectivity index (χ4n) is 1.23. The van der Waals surface area contributed by atoms with E-state index in [0.29, 0.717) is 0 Å². The summed E-state index contributed by atoms with van der Waals surface area (Å²) in [6, 6.07) is 7.08. The van der Waals surface area contributed by atoms with E-state index >= 15 is 0 Å². The van der Waals surface area contributed by atoms with Crippen LogP contribution in [0.1, 0.15) is 11.8 Å². The van der Waals surface area contributed by atoms with Gasteiger partial charge in [-0.3, -0.25) is 0 Å². The summed E-state index contributed by atoms with van der Waals surface area (Å²) >= 11 is 1.09. The Morgan fingerprint density at radius 1 is 1.41 bits per heavy atom. The number of sulfonamides is 1. The second-order valence-corrected chi connectivity index (χ2v) is 6.02. The van der Waals surface area contributed by atoms with Crippen molar-refractivity contribution in [1.82, 2.24) is 4.72 Å². The van der Waals surface area contributed by atoms with Crippen molar-refractivity contribution in [3.05, 3.63) is 41.7 Å². The lowest BCUT2D eigenvalue weighted by molar-refractivity contribution is 0.480. The minimum absolute atomic E-state index is 0.171. The molecule has 0 aliphatic carbocycles. The molecule has 5 nitrogen and oxygen atoms in total. The van der Waals surface area contributed by atoms with Gasteiger partial charge in [0.05, 0.1) is 12.3 Å². The first-order valence-corrected chi connectivity index (χ1v) is 6.98. The minimum Gasteiger partial charge on any atom is -0.467 e. The first-order valence-electron chi connectivity index (χ1n) is 4.62. The maximum absolute atomic E-state index is 11.9. The molecule has 88 valence electrons. The first-order chi connectivity index (χ1) is 8.13. The van der Waals surface area contributed by atoms with E-state index < -0.39 is 16.1 Å². The number of nitrogens with zero attached hydrogens (tertiary/aromatic N) is 1. The van der Waals surface area contributed by atoms with Crippen LogP contribution in [0.25, 0.3) is 0 Å². The SMILES string of the molecule is N#CC(NS(=O)(=O)c1cccs1)c1ccco1. The highest BCUT2D eigenvalue weighted by Crippen LogP contribution is 2.20. The van der Waals surface area contributed by atoms with Crippen LogP contribution in [-0.4, -0.2) is 8.42 Å². The van der Waals surface area contributed by atoms with Crippen LogP contribution in [0.4, 0.5) is 0 Å². The maximum Gasteiger partial charge on any atom is 0.251 e. The zero-order valence-electron chi connectivity index (χ0n) is 8.53. The Kier molecular flexibility index (Phi) is 3.28. The molecule has 2 aromatic heterocycles. The second-order valence-electron chi connectivity index (χ2n) is 3.13. The van der Waals surface area contributed by atoms with Crippen molar-refractivity contribution in [1.29, 1.82) is 5.26 Å². The average molecular weight is 268 g/mol. The second kappa shape index (κ2) is 4.71. The van der Waals surface area contributed by atoms with Gasteiger partial charge in [-0.15, -0.1) is 11.3 Å². The van der Waals surface area contributed by atoms with E-state index in [2.05, 4.69) is 4.72 Å². The summed E-state index contributed by atoms with van der Waals surface area (Å²) in [5, 5.41) is 10.6. The van der Waals surface area contributed by atoms with Gasteiger partial charge in [0, 0.05) is 0 Å². The van der Waals surface area contributed by atoms with Gasteiger partial charge in [0.2, 0.25) is 0 Å². The van der Waals surface area contributed by atoms with Gasteiger partial charge in [-0.25, -0.2) is 8.42 Å². The standard InChI is InChI=1S/C10H8N2O3S2/c11-7-8(9-3-1-5-15-9)12-17(13,14)10-4-2-6-16-10/h1-6,8,12H. The largest absolute Gasteiger partial charge is 0.467 e. The third kappa shape index (κ3) is 2.55. The van der Waals surface area contributed by atoms with Crippen LogP contribution < -0.4 is 4.72 Å². The summed E-state index contributed by atoms with van der Waals surface area (Å²) in [4.78, 5) is 0. The van der Waals surface area contributed by atoms with Crippen molar-refractivity contribution in [2.75, 3.05) is 0 Å². The lowest BCUT2D eigenvalue weighted by Crippen LogP contribution is -2.26. The number of nitriles is 1. The molecule has 1 unspecified atom stereocenters. The van der Waals surface area contributed by atoms with Gasteiger partial charge in [0.25, 0.3) is 10.0 Å². The Labute approximate surface area is 102 Å². The number of thiophene rings is 1. The number of furan rings is 1. The molecular weight excluding hydrogens is 260 g/mol. The molecule has 0 saturated heterocycles. The number of hydrogen-bond donors (Lipinski definition) is 1. The molecule has 2 aromatic rings. The quantitative estimate of drug-likeness (QED) is 0.917. The Balaban J connectivity index is 2.24. The minimum atomic E-state index is -3.67. The molecule has 7 heteroatoms. The highest BCUT2D eigenvalue weighted by atomic mass is 32.2. The summed E-state index contributed by atoms with van der Waals surface area (Å²) in [6.07, 6.45) is 1.39. The molecule has 0 spiro atoms. The van der Waals surface area contributed by atoms with Gasteiger partial charge in [-0.05, 0) is 23.6 Å². The molecule has 17 heavy (non-hydrogen) atoms. The number of nitrogens with one attached hydrogen (secondary N) is 1. The van der Waals surface area contributed by atoms with E-state index in [4.69, 9.17) is 9.68 Å². The molecule has 2 rings (SSSR count). The summed E-state index contributed by atoms with van der Waals surface area (Å²) in [5.74, 6) is 0.271. The van der Waals surface area contributed by atoms with Gasteiger partial charge in [-0.2, -0.15) is 9.98 Å². The van der Waals surface area contributed by atoms with Gasteiger partial charge in [0.1, 0.15) is 9.97 Å². The zero-order chi connectivity index (χ0) is 12.3. The Morgan fingerprint density at radius 3 is 2.76 bits per heavy atom. The van der Waals surface area contributed by atoms with E-state index in [1.54, 1.807) is 23.6 Å². The summed E-state index contributed by atoms with van der Waals surface area (Å²) in [5.41, 5.74) is 0. The fraction of sp³-hybridized carbons (Fsp3) is 0.100. The van der Waals surface area contributed by atoms with Crippen LogP contribution in [-0.2, 0) is 10.0 Å². The smallest absolute Gasteiger partial charge is 0.251 e. The van der Waals surface area contributed by atoms with E-state index in [1.807, 2.05) is 6.07 Å². The van der Waals surface area contributed by atoms with Crippen LogP contribution in [0.2, 0.25) is 0 Å². The van der Waals surface area contributed by atoms with Gasteiger partial charge >= 0.3 is 0 Å². The van der Waals surface area contributed by atoms with Crippen molar-refractivity contribution in [2.24, 2.45) is 0 Å². The van der Waals surface area contributed by atoms with Crippen molar-refractivity contribution in [2.45, 2.75) is 10.3 Å². The third-order valence-electron chi connectivity index (χ3n) is 1.99. The molecule has 1 N–H and O–H groups in total. The molecule has 0 saturated carbocycles. The lowest BCUT2D eigenvalue weighted by atomic mass is 10.3. The third-order valence-corrected chi connectivity index (χ3v) is 4.81. The van der Waals surface area contributed by atoms with Crippen molar-refractivity contribution >= 4 is 21.4 Å². The van der Waals surface area contributed by atoms with Crippen LogP contribution in [0.15, 0.2) is 44.5 Å². The molecule has 0 aliphatic rings. The fourth-order valence-corrected chi connectivity index (χ4v) is 3.35. The van der Waals surface area contributed by atoms with E-state index in [9.17, 15) is 8.42 Å². The number of hydrogen-bond acceptors (Lipinski definition) is 5. The van der Waals surface area contributed by atoms with Crippen molar-refractivity contribution in [3.8, 4) is 6.07 Å². The Hall–Kier alpha value is -1.62. The first kappa shape index (κ1) is 11.9. The predicted octanol–water partition coefficient (Wildman–Crippen LogP) is 1.88. The van der Waals surface area contributed by atoms with Crippen LogP contribution in [0.5, 0.6) is 0 Å². The molecule has 0 aromatic carbocycles.